The molecule has 0 N–H and O–H groups in total. The molecule has 26 heavy (non-hydrogen) atoms. The number of ether oxygens (including phenoxy) is 2. The standard InChI is InChI=1S/C20H20N2O4/c1-2-25-17-10-8-16(9-11-17)20(24)26-14-19(23)22-13-12-18(21-22)15-6-4-3-5-7-15/h3-11H,2,12-14H2,1H3. The fourth-order valence-electron chi connectivity index (χ4n) is 2.61. The zero-order valence-corrected chi connectivity index (χ0v) is 14.6. The Labute approximate surface area is 152 Å². The lowest BCUT2D eigenvalue weighted by Gasteiger charge is -2.11. The van der Waals surface area contributed by atoms with Gasteiger partial charge in [-0.25, -0.2) is 9.80 Å². The molecule has 1 heterocycles. The summed E-state index contributed by atoms with van der Waals surface area (Å²) in [6.45, 7) is 2.60. The molecule has 6 nitrogen and oxygen atoms in total. The van der Waals surface area contributed by atoms with Crippen molar-refractivity contribution in [1.82, 2.24) is 5.01 Å². The van der Waals surface area contributed by atoms with Gasteiger partial charge in [0, 0.05) is 6.42 Å². The number of carbonyl (C=O) groups excluding carboxylic acids is 2. The number of nitrogens with zero attached hydrogens (tertiary/aromatic N) is 2. The van der Waals surface area contributed by atoms with Gasteiger partial charge >= 0.3 is 5.97 Å². The second-order valence-electron chi connectivity index (χ2n) is 5.71. The molecular formula is C20H20N2O4. The highest BCUT2D eigenvalue weighted by molar-refractivity contribution is 6.02. The minimum absolute atomic E-state index is 0.336. The second kappa shape index (κ2) is 8.29. The lowest BCUT2D eigenvalue weighted by molar-refractivity contribution is -0.134. The van der Waals surface area contributed by atoms with E-state index in [-0.39, 0.29) is 12.5 Å². The van der Waals surface area contributed by atoms with Gasteiger partial charge in [0.2, 0.25) is 0 Å². The van der Waals surface area contributed by atoms with Crippen molar-refractivity contribution < 1.29 is 19.1 Å². The Morgan fingerprint density at radius 1 is 1.08 bits per heavy atom. The van der Waals surface area contributed by atoms with Crippen LogP contribution in [0.25, 0.3) is 0 Å². The van der Waals surface area contributed by atoms with E-state index in [1.54, 1.807) is 24.3 Å². The molecule has 0 atom stereocenters. The zero-order valence-electron chi connectivity index (χ0n) is 14.6. The molecule has 0 fully saturated rings. The summed E-state index contributed by atoms with van der Waals surface area (Å²) in [5.41, 5.74) is 2.22. The largest absolute Gasteiger partial charge is 0.494 e. The minimum atomic E-state index is -0.548. The lowest BCUT2D eigenvalue weighted by atomic mass is 10.1. The molecule has 0 aliphatic carbocycles. The van der Waals surface area contributed by atoms with Crippen molar-refractivity contribution in [3.8, 4) is 5.75 Å². The number of hydrogen-bond acceptors (Lipinski definition) is 5. The summed E-state index contributed by atoms with van der Waals surface area (Å²) in [4.78, 5) is 24.3. The summed E-state index contributed by atoms with van der Waals surface area (Å²) < 4.78 is 10.4. The van der Waals surface area contributed by atoms with Crippen molar-refractivity contribution in [2.45, 2.75) is 13.3 Å². The quantitative estimate of drug-likeness (QED) is 0.750. The molecule has 1 aliphatic rings. The average Bonchev–Trinajstić information content (AvgIpc) is 3.18. The first-order chi connectivity index (χ1) is 12.7. The maximum absolute atomic E-state index is 12.2. The van der Waals surface area contributed by atoms with E-state index >= 15 is 0 Å². The maximum atomic E-state index is 12.2. The molecule has 0 spiro atoms. The molecule has 0 saturated carbocycles. The van der Waals surface area contributed by atoms with E-state index in [0.717, 1.165) is 11.3 Å². The van der Waals surface area contributed by atoms with Gasteiger partial charge in [0.1, 0.15) is 5.75 Å². The molecule has 2 aromatic carbocycles. The summed E-state index contributed by atoms with van der Waals surface area (Å²) in [7, 11) is 0. The predicted octanol–water partition coefficient (Wildman–Crippen LogP) is 2.88. The van der Waals surface area contributed by atoms with Crippen molar-refractivity contribution in [2.24, 2.45) is 5.10 Å². The van der Waals surface area contributed by atoms with E-state index in [1.165, 1.54) is 5.01 Å². The van der Waals surface area contributed by atoms with Crippen LogP contribution in [0.1, 0.15) is 29.3 Å². The monoisotopic (exact) mass is 352 g/mol. The molecule has 0 unspecified atom stereocenters. The van der Waals surface area contributed by atoms with Gasteiger partial charge in [-0.3, -0.25) is 4.79 Å². The third-order valence-corrected chi connectivity index (χ3v) is 3.92. The molecule has 6 heteroatoms. The number of benzene rings is 2. The average molecular weight is 352 g/mol. The van der Waals surface area contributed by atoms with E-state index in [4.69, 9.17) is 9.47 Å². The molecule has 0 radical (unpaired) electrons. The summed E-state index contributed by atoms with van der Waals surface area (Å²) >= 11 is 0. The molecule has 1 amide bonds. The topological polar surface area (TPSA) is 68.2 Å². The minimum Gasteiger partial charge on any atom is -0.494 e. The molecule has 2 aromatic rings. The Morgan fingerprint density at radius 3 is 2.50 bits per heavy atom. The highest BCUT2D eigenvalue weighted by atomic mass is 16.5. The van der Waals surface area contributed by atoms with Crippen molar-refractivity contribution in [1.29, 1.82) is 0 Å². The highest BCUT2D eigenvalue weighted by Gasteiger charge is 2.22. The Bertz CT molecular complexity index is 800. The van der Waals surface area contributed by atoms with E-state index in [9.17, 15) is 9.59 Å². The first-order valence-electron chi connectivity index (χ1n) is 8.50. The highest BCUT2D eigenvalue weighted by Crippen LogP contribution is 2.15. The van der Waals surface area contributed by atoms with Crippen LogP contribution in [0.3, 0.4) is 0 Å². The van der Waals surface area contributed by atoms with Gasteiger partial charge in [0.25, 0.3) is 5.91 Å². The van der Waals surface area contributed by atoms with Crippen LogP contribution in [0, 0.1) is 0 Å². The van der Waals surface area contributed by atoms with E-state index in [1.807, 2.05) is 37.3 Å². The van der Waals surface area contributed by atoms with Crippen LogP contribution in [-0.2, 0) is 9.53 Å². The SMILES string of the molecule is CCOc1ccc(C(=O)OCC(=O)N2CCC(c3ccccc3)=N2)cc1. The normalized spacial score (nSPS) is 13.3. The third-order valence-electron chi connectivity index (χ3n) is 3.92. The van der Waals surface area contributed by atoms with Crippen molar-refractivity contribution in [2.75, 3.05) is 19.8 Å². The zero-order chi connectivity index (χ0) is 18.4. The molecular weight excluding hydrogens is 332 g/mol. The van der Waals surface area contributed by atoms with Gasteiger partial charge in [-0.1, -0.05) is 30.3 Å². The molecule has 134 valence electrons. The summed E-state index contributed by atoms with van der Waals surface area (Å²) in [6.07, 6.45) is 0.683. The number of hydrogen-bond donors (Lipinski definition) is 0. The van der Waals surface area contributed by atoms with Crippen molar-refractivity contribution >= 4 is 17.6 Å². The van der Waals surface area contributed by atoms with Gasteiger partial charge in [-0.05, 0) is 36.8 Å². The number of rotatable bonds is 6. The summed E-state index contributed by atoms with van der Waals surface area (Å²) in [5, 5.41) is 5.69. The molecule has 3 rings (SSSR count). The Morgan fingerprint density at radius 2 is 1.81 bits per heavy atom. The van der Waals surface area contributed by atoms with E-state index < -0.39 is 5.97 Å². The molecule has 0 saturated heterocycles. The van der Waals surface area contributed by atoms with Crippen LogP contribution >= 0.6 is 0 Å². The van der Waals surface area contributed by atoms with Crippen LogP contribution in [0.2, 0.25) is 0 Å². The van der Waals surface area contributed by atoms with Crippen molar-refractivity contribution in [3.63, 3.8) is 0 Å². The molecule has 0 bridgehead atoms. The van der Waals surface area contributed by atoms with E-state index in [2.05, 4.69) is 5.10 Å². The Kier molecular flexibility index (Phi) is 5.63. The summed E-state index contributed by atoms with van der Waals surface area (Å²) in [5.74, 6) is -0.206. The summed E-state index contributed by atoms with van der Waals surface area (Å²) in [6, 6.07) is 16.3. The van der Waals surface area contributed by atoms with Crippen molar-refractivity contribution in [3.05, 3.63) is 65.7 Å². The van der Waals surface area contributed by atoms with Gasteiger partial charge < -0.3 is 9.47 Å². The number of amides is 1. The second-order valence-corrected chi connectivity index (χ2v) is 5.71. The molecule has 0 aromatic heterocycles. The van der Waals surface area contributed by atoms with Gasteiger partial charge in [-0.2, -0.15) is 5.10 Å². The number of esters is 1. The first-order valence-corrected chi connectivity index (χ1v) is 8.50. The van der Waals surface area contributed by atoms with Crippen LogP contribution in [0.4, 0.5) is 0 Å². The van der Waals surface area contributed by atoms with Crippen LogP contribution in [0.15, 0.2) is 59.7 Å². The van der Waals surface area contributed by atoms with Crippen LogP contribution < -0.4 is 4.74 Å². The van der Waals surface area contributed by atoms with Gasteiger partial charge in [0.05, 0.1) is 24.4 Å². The number of carbonyl (C=O) groups is 2. The van der Waals surface area contributed by atoms with Gasteiger partial charge in [-0.15, -0.1) is 0 Å². The third kappa shape index (κ3) is 4.27. The van der Waals surface area contributed by atoms with Crippen LogP contribution in [0.5, 0.6) is 5.75 Å². The Balaban J connectivity index is 1.54. The van der Waals surface area contributed by atoms with Gasteiger partial charge in [0.15, 0.2) is 6.61 Å². The smallest absolute Gasteiger partial charge is 0.338 e. The number of hydrazone groups is 1. The van der Waals surface area contributed by atoms with E-state index in [0.29, 0.717) is 30.9 Å². The lowest BCUT2D eigenvalue weighted by Crippen LogP contribution is -2.28. The van der Waals surface area contributed by atoms with Crippen LogP contribution in [-0.4, -0.2) is 42.4 Å². The fraction of sp³-hybridized carbons (Fsp3) is 0.250. The fourth-order valence-corrected chi connectivity index (χ4v) is 2.61. The molecule has 1 aliphatic heterocycles. The first kappa shape index (κ1) is 17.7. The Hall–Kier alpha value is -3.15. The predicted molar refractivity (Wildman–Crippen MR) is 97.2 cm³/mol. The maximum Gasteiger partial charge on any atom is 0.338 e.